The van der Waals surface area contributed by atoms with Crippen molar-refractivity contribution in [1.29, 1.82) is 0 Å². The van der Waals surface area contributed by atoms with Crippen molar-refractivity contribution in [3.05, 3.63) is 35.4 Å². The Hall–Kier alpha value is -0.470. The van der Waals surface area contributed by atoms with E-state index < -0.39 is 0 Å². The molecule has 0 saturated carbocycles. The van der Waals surface area contributed by atoms with E-state index in [1.54, 1.807) is 0 Å². The number of thioether (sulfide) groups is 1. The molecule has 16 heavy (non-hydrogen) atoms. The second-order valence-corrected chi connectivity index (χ2v) is 5.28. The van der Waals surface area contributed by atoms with Gasteiger partial charge in [-0.15, -0.1) is 0 Å². The number of benzene rings is 1. The minimum absolute atomic E-state index is 0.467. The van der Waals surface area contributed by atoms with Gasteiger partial charge in [0.2, 0.25) is 0 Å². The van der Waals surface area contributed by atoms with Crippen molar-refractivity contribution >= 4 is 11.8 Å². The summed E-state index contributed by atoms with van der Waals surface area (Å²) in [6.45, 7) is 5.51. The van der Waals surface area contributed by atoms with Gasteiger partial charge >= 0.3 is 0 Å². The molecule has 0 unspecified atom stereocenters. The fourth-order valence-corrected chi connectivity index (χ4v) is 2.24. The van der Waals surface area contributed by atoms with Crippen LogP contribution in [0, 0.1) is 6.92 Å². The lowest BCUT2D eigenvalue weighted by Crippen LogP contribution is -2.19. The Morgan fingerprint density at radius 2 is 2.12 bits per heavy atom. The van der Waals surface area contributed by atoms with Gasteiger partial charge in [-0.1, -0.05) is 29.8 Å². The van der Waals surface area contributed by atoms with Crippen molar-refractivity contribution in [2.75, 3.05) is 18.6 Å². The van der Waals surface area contributed by atoms with Crippen LogP contribution in [-0.2, 0) is 0 Å². The maximum Gasteiger partial charge on any atom is 0.0291 e. The van der Waals surface area contributed by atoms with Crippen LogP contribution < -0.4 is 5.32 Å². The smallest absolute Gasteiger partial charge is 0.0291 e. The molecular weight excluding hydrogens is 214 g/mol. The highest BCUT2D eigenvalue weighted by Gasteiger charge is 2.03. The summed E-state index contributed by atoms with van der Waals surface area (Å²) in [4.78, 5) is 0. The van der Waals surface area contributed by atoms with Crippen LogP contribution in [0.3, 0.4) is 0 Å². The van der Waals surface area contributed by atoms with E-state index in [4.69, 9.17) is 0 Å². The Bertz CT molecular complexity index is 299. The minimum Gasteiger partial charge on any atom is -0.310 e. The van der Waals surface area contributed by atoms with Crippen LogP contribution in [0.2, 0.25) is 0 Å². The van der Waals surface area contributed by atoms with Crippen LogP contribution in [0.5, 0.6) is 0 Å². The summed E-state index contributed by atoms with van der Waals surface area (Å²) in [5, 5.41) is 3.58. The molecule has 1 aromatic rings. The van der Waals surface area contributed by atoms with E-state index >= 15 is 0 Å². The van der Waals surface area contributed by atoms with Gasteiger partial charge in [0.15, 0.2) is 0 Å². The largest absolute Gasteiger partial charge is 0.310 e. The lowest BCUT2D eigenvalue weighted by molar-refractivity contribution is 0.555. The van der Waals surface area contributed by atoms with Crippen molar-refractivity contribution in [2.45, 2.75) is 32.7 Å². The molecule has 1 rings (SSSR count). The summed E-state index contributed by atoms with van der Waals surface area (Å²) >= 11 is 1.93. The molecule has 0 aliphatic heterocycles. The molecule has 1 aromatic carbocycles. The average Bonchev–Trinajstić information content (AvgIpc) is 2.28. The van der Waals surface area contributed by atoms with Gasteiger partial charge in [-0.05, 0) is 50.8 Å². The highest BCUT2D eigenvalue weighted by Crippen LogP contribution is 2.13. The monoisotopic (exact) mass is 237 g/mol. The van der Waals surface area contributed by atoms with Crippen LogP contribution in [-0.4, -0.2) is 18.6 Å². The number of aryl methyl sites for hydroxylation is 1. The molecular formula is C14H23NS. The van der Waals surface area contributed by atoms with Gasteiger partial charge in [0, 0.05) is 6.04 Å². The summed E-state index contributed by atoms with van der Waals surface area (Å²) in [5.74, 6) is 1.28. The first kappa shape index (κ1) is 13.6. The normalized spacial score (nSPS) is 12.7. The molecule has 2 heteroatoms. The zero-order valence-corrected chi connectivity index (χ0v) is 11.4. The van der Waals surface area contributed by atoms with Crippen LogP contribution in [0.15, 0.2) is 24.3 Å². The zero-order valence-electron chi connectivity index (χ0n) is 10.6. The van der Waals surface area contributed by atoms with Crippen LogP contribution in [0.25, 0.3) is 0 Å². The fraction of sp³-hybridized carbons (Fsp3) is 0.571. The highest BCUT2D eigenvalue weighted by atomic mass is 32.2. The van der Waals surface area contributed by atoms with E-state index in [9.17, 15) is 0 Å². The molecule has 0 fully saturated rings. The SMILES string of the molecule is CSCCCCN[C@H](C)c1cccc(C)c1. The third-order valence-electron chi connectivity index (χ3n) is 2.77. The summed E-state index contributed by atoms with van der Waals surface area (Å²) in [6, 6.07) is 9.21. The van der Waals surface area contributed by atoms with Gasteiger partial charge < -0.3 is 5.32 Å². The zero-order chi connectivity index (χ0) is 11.8. The maximum absolute atomic E-state index is 3.58. The quantitative estimate of drug-likeness (QED) is 0.724. The lowest BCUT2D eigenvalue weighted by atomic mass is 10.1. The van der Waals surface area contributed by atoms with Gasteiger partial charge in [-0.25, -0.2) is 0 Å². The molecule has 0 heterocycles. The van der Waals surface area contributed by atoms with E-state index in [1.165, 1.54) is 29.7 Å². The van der Waals surface area contributed by atoms with Gasteiger partial charge in [0.1, 0.15) is 0 Å². The molecule has 1 N–H and O–H groups in total. The molecule has 1 atom stereocenters. The maximum atomic E-state index is 3.58. The fourth-order valence-electron chi connectivity index (χ4n) is 1.75. The topological polar surface area (TPSA) is 12.0 Å². The second-order valence-electron chi connectivity index (χ2n) is 4.29. The third-order valence-corrected chi connectivity index (χ3v) is 3.46. The first-order valence-corrected chi connectivity index (χ1v) is 7.42. The Balaban J connectivity index is 2.27. The van der Waals surface area contributed by atoms with E-state index in [2.05, 4.69) is 49.7 Å². The van der Waals surface area contributed by atoms with E-state index in [0.717, 1.165) is 6.54 Å². The number of unbranched alkanes of at least 4 members (excludes halogenated alkanes) is 1. The molecule has 0 aliphatic carbocycles. The number of nitrogens with one attached hydrogen (secondary N) is 1. The summed E-state index contributed by atoms with van der Waals surface area (Å²) < 4.78 is 0. The second kappa shape index (κ2) is 7.75. The molecule has 0 spiro atoms. The summed E-state index contributed by atoms with van der Waals surface area (Å²) in [7, 11) is 0. The molecule has 90 valence electrons. The van der Waals surface area contributed by atoms with E-state index in [-0.39, 0.29) is 0 Å². The van der Waals surface area contributed by atoms with Gasteiger partial charge in [0.25, 0.3) is 0 Å². The predicted molar refractivity (Wildman–Crippen MR) is 75.2 cm³/mol. The lowest BCUT2D eigenvalue weighted by Gasteiger charge is -2.14. The summed E-state index contributed by atoms with van der Waals surface area (Å²) in [5.41, 5.74) is 2.73. The van der Waals surface area contributed by atoms with E-state index in [0.29, 0.717) is 6.04 Å². The highest BCUT2D eigenvalue weighted by molar-refractivity contribution is 7.98. The van der Waals surface area contributed by atoms with Crippen molar-refractivity contribution < 1.29 is 0 Å². The molecule has 0 amide bonds. The molecule has 0 saturated heterocycles. The average molecular weight is 237 g/mol. The molecule has 0 aliphatic rings. The van der Waals surface area contributed by atoms with E-state index in [1.807, 2.05) is 11.8 Å². The number of hydrogen-bond donors (Lipinski definition) is 1. The minimum atomic E-state index is 0.467. The summed E-state index contributed by atoms with van der Waals surface area (Å²) in [6.07, 6.45) is 4.76. The molecule has 0 radical (unpaired) electrons. The Morgan fingerprint density at radius 1 is 1.31 bits per heavy atom. The molecule has 0 aromatic heterocycles. The number of rotatable bonds is 7. The van der Waals surface area contributed by atoms with Gasteiger partial charge in [0.05, 0.1) is 0 Å². The standard InChI is InChI=1S/C14H23NS/c1-12-7-6-8-14(11-12)13(2)15-9-4-5-10-16-3/h6-8,11,13,15H,4-5,9-10H2,1-3H3/t13-/m1/s1. The van der Waals surface area contributed by atoms with Crippen LogP contribution in [0.4, 0.5) is 0 Å². The van der Waals surface area contributed by atoms with Gasteiger partial charge in [-0.3, -0.25) is 0 Å². The Labute approximate surface area is 104 Å². The Kier molecular flexibility index (Phi) is 6.58. The van der Waals surface area contributed by atoms with Crippen molar-refractivity contribution in [2.24, 2.45) is 0 Å². The first-order chi connectivity index (χ1) is 7.74. The van der Waals surface area contributed by atoms with Crippen LogP contribution >= 0.6 is 11.8 Å². The van der Waals surface area contributed by atoms with Crippen molar-refractivity contribution in [3.8, 4) is 0 Å². The van der Waals surface area contributed by atoms with Crippen molar-refractivity contribution in [1.82, 2.24) is 5.32 Å². The number of hydrogen-bond acceptors (Lipinski definition) is 2. The van der Waals surface area contributed by atoms with Gasteiger partial charge in [-0.2, -0.15) is 11.8 Å². The molecule has 0 bridgehead atoms. The third kappa shape index (κ3) is 5.04. The predicted octanol–water partition coefficient (Wildman–Crippen LogP) is 3.79. The van der Waals surface area contributed by atoms with Crippen molar-refractivity contribution in [3.63, 3.8) is 0 Å². The Morgan fingerprint density at radius 3 is 2.81 bits per heavy atom. The van der Waals surface area contributed by atoms with Crippen LogP contribution in [0.1, 0.15) is 36.9 Å². The first-order valence-electron chi connectivity index (χ1n) is 6.03. The molecule has 1 nitrogen and oxygen atoms in total.